The lowest BCUT2D eigenvalue weighted by molar-refractivity contribution is 0.185. The molecule has 2 rings (SSSR count). The molecule has 3 nitrogen and oxygen atoms in total. The quantitative estimate of drug-likeness (QED) is 0.216. The number of benzene rings is 2. The van der Waals surface area contributed by atoms with E-state index in [9.17, 15) is 0 Å². The van der Waals surface area contributed by atoms with Crippen LogP contribution in [-0.4, -0.2) is 17.6 Å². The van der Waals surface area contributed by atoms with Gasteiger partial charge in [-0.25, -0.2) is 0 Å². The molecule has 0 aliphatic carbocycles. The number of hydrogen-bond acceptors (Lipinski definition) is 3. The van der Waals surface area contributed by atoms with E-state index in [1.54, 1.807) is 0 Å². The monoisotopic (exact) mass is 590 g/mol. The molecular formula is C40H67N3. The zero-order valence-electron chi connectivity index (χ0n) is 30.4. The van der Waals surface area contributed by atoms with E-state index in [4.69, 9.17) is 0 Å². The maximum absolute atomic E-state index is 4.31. The van der Waals surface area contributed by atoms with Gasteiger partial charge in [-0.05, 0) is 49.1 Å². The Balaban J connectivity index is 0. The number of hydrogen-bond donors (Lipinski definition) is 3. The van der Waals surface area contributed by atoms with Crippen molar-refractivity contribution in [2.75, 3.05) is 0 Å². The zero-order chi connectivity index (χ0) is 34.0. The summed E-state index contributed by atoms with van der Waals surface area (Å²) in [6.07, 6.45) is 0. The van der Waals surface area contributed by atoms with E-state index in [2.05, 4.69) is 136 Å². The molecule has 0 heterocycles. The minimum Gasteiger partial charge on any atom is -0.382 e. The Hall–Kier alpha value is -3.20. The fraction of sp³-hybridized carbons (Fsp3) is 0.500. The van der Waals surface area contributed by atoms with Gasteiger partial charge in [0, 0.05) is 28.7 Å². The van der Waals surface area contributed by atoms with Gasteiger partial charge >= 0.3 is 0 Å². The highest BCUT2D eigenvalue weighted by atomic mass is 15.1. The highest BCUT2D eigenvalue weighted by Crippen LogP contribution is 2.31. The van der Waals surface area contributed by atoms with Crippen molar-refractivity contribution in [1.29, 1.82) is 0 Å². The molecule has 0 aliphatic rings. The van der Waals surface area contributed by atoms with Gasteiger partial charge in [-0.3, -0.25) is 0 Å². The van der Waals surface area contributed by atoms with Crippen molar-refractivity contribution in [3.8, 4) is 0 Å². The summed E-state index contributed by atoms with van der Waals surface area (Å²) in [6, 6.07) is 20.8. The third-order valence-corrected chi connectivity index (χ3v) is 7.49. The molecule has 242 valence electrons. The molecule has 2 aromatic rings. The predicted molar refractivity (Wildman–Crippen MR) is 198 cm³/mol. The minimum atomic E-state index is -0.0486. The molecule has 0 radical (unpaired) electrons. The fourth-order valence-electron chi connectivity index (χ4n) is 4.00. The maximum atomic E-state index is 4.31. The van der Waals surface area contributed by atoms with Gasteiger partial charge in [-0.15, -0.1) is 0 Å². The Labute approximate surface area is 268 Å². The predicted octanol–water partition coefficient (Wildman–Crippen LogP) is 11.1. The van der Waals surface area contributed by atoms with Crippen LogP contribution in [0.1, 0.15) is 108 Å². The van der Waals surface area contributed by atoms with Crippen molar-refractivity contribution < 1.29 is 0 Å². The summed E-state index contributed by atoms with van der Waals surface area (Å²) in [4.78, 5) is 0. The van der Waals surface area contributed by atoms with Crippen molar-refractivity contribution in [3.05, 3.63) is 109 Å². The SMILES string of the molecule is C=C(NC(C(=C)C)C(C)C)c1ccccc1.C=C(NC(C(=C)NC(C)(C)C(C)(C)C)C(C)C)c1ccccc1.CC.CC. The standard InChI is InChI=1S/C21H34N2.C15H21N.2C2H6/c1-15(2)19(17(4)23-21(8,9)20(5,6)7)22-16(3)18-13-11-10-12-14-18;1-11(2)15(12(3)4)16-13(5)14-9-7-6-8-10-14;2*1-2/h10-15,19,22-23H,3-4H2,1-2,5-9H3;6-10,12,15-16H,1,5H2,2-4H3;2*1-2H3. The average molecular weight is 590 g/mol. The van der Waals surface area contributed by atoms with E-state index < -0.39 is 0 Å². The third-order valence-electron chi connectivity index (χ3n) is 7.49. The van der Waals surface area contributed by atoms with Crippen LogP contribution < -0.4 is 16.0 Å². The van der Waals surface area contributed by atoms with Gasteiger partial charge in [0.05, 0.1) is 6.04 Å². The first kappa shape index (κ1) is 41.9. The minimum absolute atomic E-state index is 0.0486. The lowest BCUT2D eigenvalue weighted by Crippen LogP contribution is -2.53. The lowest BCUT2D eigenvalue weighted by atomic mass is 9.76. The first-order valence-electron chi connectivity index (χ1n) is 16.1. The molecule has 2 atom stereocenters. The fourth-order valence-corrected chi connectivity index (χ4v) is 4.00. The van der Waals surface area contributed by atoms with E-state index in [0.717, 1.165) is 33.8 Å². The third kappa shape index (κ3) is 15.2. The molecular weight excluding hydrogens is 522 g/mol. The van der Waals surface area contributed by atoms with Crippen molar-refractivity contribution in [2.45, 2.75) is 115 Å². The second-order valence-electron chi connectivity index (χ2n) is 12.8. The summed E-state index contributed by atoms with van der Waals surface area (Å²) in [6.45, 7) is 46.6. The lowest BCUT2D eigenvalue weighted by Gasteiger charge is -2.43. The Kier molecular flexibility index (Phi) is 20.1. The molecule has 43 heavy (non-hydrogen) atoms. The first-order chi connectivity index (χ1) is 20.0. The van der Waals surface area contributed by atoms with Crippen LogP contribution in [0.3, 0.4) is 0 Å². The Bertz CT molecular complexity index is 1070. The molecule has 0 fully saturated rings. The second-order valence-corrected chi connectivity index (χ2v) is 12.8. The van der Waals surface area contributed by atoms with E-state index in [1.165, 1.54) is 0 Å². The molecule has 0 aromatic heterocycles. The summed E-state index contributed by atoms with van der Waals surface area (Å²) in [5.74, 6) is 0.921. The van der Waals surface area contributed by atoms with Crippen molar-refractivity contribution >= 4 is 11.4 Å². The Morgan fingerprint density at radius 1 is 0.581 bits per heavy atom. The van der Waals surface area contributed by atoms with E-state index in [0.29, 0.717) is 11.8 Å². The number of rotatable bonds is 12. The maximum Gasteiger partial charge on any atom is 0.0676 e. The molecule has 2 unspecified atom stereocenters. The van der Waals surface area contributed by atoms with Gasteiger partial charge in [0.1, 0.15) is 0 Å². The van der Waals surface area contributed by atoms with Crippen LogP contribution in [0.2, 0.25) is 0 Å². The van der Waals surface area contributed by atoms with Gasteiger partial charge in [-0.2, -0.15) is 0 Å². The molecule has 0 spiro atoms. The normalized spacial score (nSPS) is 12.1. The molecule has 3 heteroatoms. The summed E-state index contributed by atoms with van der Waals surface area (Å²) >= 11 is 0. The van der Waals surface area contributed by atoms with Gasteiger partial charge in [0.15, 0.2) is 0 Å². The molecule has 2 aromatic carbocycles. The molecule has 3 N–H and O–H groups in total. The molecule has 0 bridgehead atoms. The van der Waals surface area contributed by atoms with Crippen molar-refractivity contribution in [1.82, 2.24) is 16.0 Å². The van der Waals surface area contributed by atoms with Crippen LogP contribution in [0.15, 0.2) is 98.2 Å². The van der Waals surface area contributed by atoms with Crippen LogP contribution in [0, 0.1) is 17.3 Å². The van der Waals surface area contributed by atoms with Crippen LogP contribution in [-0.2, 0) is 0 Å². The highest BCUT2D eigenvalue weighted by molar-refractivity contribution is 5.62. The smallest absolute Gasteiger partial charge is 0.0676 e. The first-order valence-corrected chi connectivity index (χ1v) is 16.1. The van der Waals surface area contributed by atoms with Gasteiger partial charge in [0.25, 0.3) is 0 Å². The number of nitrogens with one attached hydrogen (secondary N) is 3. The molecule has 0 aliphatic heterocycles. The van der Waals surface area contributed by atoms with E-state index in [-0.39, 0.29) is 23.0 Å². The Morgan fingerprint density at radius 3 is 1.19 bits per heavy atom. The molecule has 0 saturated carbocycles. The van der Waals surface area contributed by atoms with E-state index in [1.807, 2.05) is 64.1 Å². The average Bonchev–Trinajstić information content (AvgIpc) is 2.96. The molecule has 0 amide bonds. The van der Waals surface area contributed by atoms with Gasteiger partial charge < -0.3 is 16.0 Å². The summed E-state index contributed by atoms with van der Waals surface area (Å²) in [5.41, 5.74) is 6.38. The van der Waals surface area contributed by atoms with Crippen LogP contribution in [0.4, 0.5) is 0 Å². The largest absolute Gasteiger partial charge is 0.382 e. The van der Waals surface area contributed by atoms with Crippen LogP contribution in [0.25, 0.3) is 11.4 Å². The summed E-state index contributed by atoms with van der Waals surface area (Å²) in [5, 5.41) is 10.6. The van der Waals surface area contributed by atoms with Crippen LogP contribution >= 0.6 is 0 Å². The van der Waals surface area contributed by atoms with E-state index >= 15 is 0 Å². The molecule has 0 saturated heterocycles. The topological polar surface area (TPSA) is 36.1 Å². The van der Waals surface area contributed by atoms with Crippen LogP contribution in [0.5, 0.6) is 0 Å². The summed E-state index contributed by atoms with van der Waals surface area (Å²) in [7, 11) is 0. The van der Waals surface area contributed by atoms with Crippen molar-refractivity contribution in [2.24, 2.45) is 17.3 Å². The van der Waals surface area contributed by atoms with Crippen molar-refractivity contribution in [3.63, 3.8) is 0 Å². The summed E-state index contributed by atoms with van der Waals surface area (Å²) < 4.78 is 0. The van der Waals surface area contributed by atoms with Gasteiger partial charge in [-0.1, -0.05) is 169 Å². The highest BCUT2D eigenvalue weighted by Gasteiger charge is 2.34. The van der Waals surface area contributed by atoms with Gasteiger partial charge in [0.2, 0.25) is 0 Å². The second kappa shape index (κ2) is 20.7. The Morgan fingerprint density at radius 2 is 0.907 bits per heavy atom. The zero-order valence-corrected chi connectivity index (χ0v) is 30.4.